The normalized spacial score (nSPS) is 15.2. The Morgan fingerprint density at radius 1 is 1.00 bits per heavy atom. The Balaban J connectivity index is 1.54. The van der Waals surface area contributed by atoms with Crippen molar-refractivity contribution >= 4 is 17.7 Å². The Morgan fingerprint density at radius 3 is 2.16 bits per heavy atom. The van der Waals surface area contributed by atoms with Gasteiger partial charge in [0, 0.05) is 44.3 Å². The molecule has 1 aromatic heterocycles. The average Bonchev–Trinajstić information content (AvgIpc) is 2.62. The van der Waals surface area contributed by atoms with E-state index >= 15 is 0 Å². The fourth-order valence-corrected chi connectivity index (χ4v) is 2.51. The molecule has 2 aromatic rings. The van der Waals surface area contributed by atoms with Gasteiger partial charge in [-0.05, 0) is 30.3 Å². The van der Waals surface area contributed by atoms with Crippen LogP contribution in [0.25, 0.3) is 0 Å². The maximum atomic E-state index is 12.5. The maximum absolute atomic E-state index is 12.5. The van der Waals surface area contributed by atoms with Crippen molar-refractivity contribution in [2.75, 3.05) is 36.4 Å². The second kappa shape index (κ2) is 6.96. The zero-order valence-corrected chi connectivity index (χ0v) is 13.2. The number of amides is 2. The fourth-order valence-electron chi connectivity index (χ4n) is 2.51. The van der Waals surface area contributed by atoms with Crippen LogP contribution in [0, 0.1) is 0 Å². The summed E-state index contributed by atoms with van der Waals surface area (Å²) in [5.41, 5.74) is -0.422. The van der Waals surface area contributed by atoms with E-state index in [2.05, 4.69) is 15.3 Å². The number of halogens is 3. The summed E-state index contributed by atoms with van der Waals surface area (Å²) >= 11 is 0. The first-order valence-corrected chi connectivity index (χ1v) is 7.68. The molecule has 6 nitrogen and oxygen atoms in total. The fraction of sp³-hybridized carbons (Fsp3) is 0.312. The molecule has 0 aliphatic carbocycles. The van der Waals surface area contributed by atoms with Gasteiger partial charge in [0.05, 0.1) is 5.56 Å². The van der Waals surface area contributed by atoms with E-state index in [1.807, 2.05) is 4.90 Å². The molecule has 132 valence electrons. The number of anilines is 2. The highest BCUT2D eigenvalue weighted by molar-refractivity contribution is 5.89. The predicted octanol–water partition coefficient (Wildman–Crippen LogP) is 2.85. The van der Waals surface area contributed by atoms with Gasteiger partial charge >= 0.3 is 12.2 Å². The molecular weight excluding hydrogens is 335 g/mol. The van der Waals surface area contributed by atoms with Gasteiger partial charge in [-0.1, -0.05) is 0 Å². The van der Waals surface area contributed by atoms with Gasteiger partial charge in [0.15, 0.2) is 0 Å². The summed E-state index contributed by atoms with van der Waals surface area (Å²) in [6, 6.07) is 5.77. The lowest BCUT2D eigenvalue weighted by atomic mass is 10.2. The maximum Gasteiger partial charge on any atom is 0.416 e. The third-order valence-electron chi connectivity index (χ3n) is 3.87. The molecule has 0 unspecified atom stereocenters. The van der Waals surface area contributed by atoms with E-state index in [4.69, 9.17) is 0 Å². The molecule has 1 aliphatic rings. The van der Waals surface area contributed by atoms with Gasteiger partial charge in [0.1, 0.15) is 0 Å². The Morgan fingerprint density at radius 2 is 1.60 bits per heavy atom. The highest BCUT2D eigenvalue weighted by Gasteiger charge is 2.30. The zero-order valence-electron chi connectivity index (χ0n) is 13.2. The molecule has 1 fully saturated rings. The first-order chi connectivity index (χ1) is 11.9. The first-order valence-electron chi connectivity index (χ1n) is 7.68. The highest BCUT2D eigenvalue weighted by atomic mass is 19.4. The Labute approximate surface area is 142 Å². The number of carbonyl (C=O) groups is 1. The lowest BCUT2D eigenvalue weighted by Gasteiger charge is -2.34. The number of benzene rings is 1. The number of rotatable bonds is 2. The van der Waals surface area contributed by atoms with Crippen molar-refractivity contribution in [3.05, 3.63) is 48.3 Å². The summed E-state index contributed by atoms with van der Waals surface area (Å²) in [6.07, 6.45) is -1.07. The minimum atomic E-state index is -4.39. The molecule has 1 aliphatic heterocycles. The smallest absolute Gasteiger partial charge is 0.337 e. The second-order valence-corrected chi connectivity index (χ2v) is 5.53. The number of nitrogens with zero attached hydrogens (tertiary/aromatic N) is 4. The lowest BCUT2D eigenvalue weighted by Crippen LogP contribution is -2.50. The van der Waals surface area contributed by atoms with Crippen LogP contribution in [0.2, 0.25) is 0 Å². The molecule has 1 aromatic carbocycles. The van der Waals surface area contributed by atoms with E-state index < -0.39 is 11.7 Å². The zero-order chi connectivity index (χ0) is 17.9. The number of hydrogen-bond acceptors (Lipinski definition) is 4. The summed E-state index contributed by atoms with van der Waals surface area (Å²) in [7, 11) is 0. The van der Waals surface area contributed by atoms with E-state index in [0.717, 1.165) is 12.1 Å². The molecule has 1 N–H and O–H groups in total. The van der Waals surface area contributed by atoms with Gasteiger partial charge in [0.2, 0.25) is 5.95 Å². The number of piperazine rings is 1. The summed E-state index contributed by atoms with van der Waals surface area (Å²) in [5.74, 6) is 0.616. The highest BCUT2D eigenvalue weighted by Crippen LogP contribution is 2.29. The van der Waals surface area contributed by atoms with Crippen LogP contribution in [0.3, 0.4) is 0 Å². The topological polar surface area (TPSA) is 61.4 Å². The SMILES string of the molecule is O=C(Nc1ccc(C(F)(F)F)cc1)N1CCN(c2ncccn2)CC1. The van der Waals surface area contributed by atoms with E-state index in [-0.39, 0.29) is 6.03 Å². The molecule has 25 heavy (non-hydrogen) atoms. The summed E-state index contributed by atoms with van der Waals surface area (Å²) < 4.78 is 37.6. The summed E-state index contributed by atoms with van der Waals surface area (Å²) in [4.78, 5) is 24.2. The van der Waals surface area contributed by atoms with Crippen LogP contribution >= 0.6 is 0 Å². The Bertz CT molecular complexity index is 713. The Kier molecular flexibility index (Phi) is 4.73. The van der Waals surface area contributed by atoms with E-state index in [9.17, 15) is 18.0 Å². The lowest BCUT2D eigenvalue weighted by molar-refractivity contribution is -0.137. The van der Waals surface area contributed by atoms with Crippen LogP contribution in [0.1, 0.15) is 5.56 Å². The molecule has 0 bridgehead atoms. The van der Waals surface area contributed by atoms with Crippen molar-refractivity contribution in [1.29, 1.82) is 0 Å². The molecule has 3 rings (SSSR count). The molecule has 0 atom stereocenters. The van der Waals surface area contributed by atoms with Gasteiger partial charge in [-0.2, -0.15) is 13.2 Å². The van der Waals surface area contributed by atoms with Crippen LogP contribution in [0.15, 0.2) is 42.7 Å². The number of urea groups is 1. The van der Waals surface area contributed by atoms with Crippen molar-refractivity contribution in [3.8, 4) is 0 Å². The van der Waals surface area contributed by atoms with Crippen LogP contribution in [-0.4, -0.2) is 47.1 Å². The standard InChI is InChI=1S/C16H16F3N5O/c17-16(18,19)12-2-4-13(5-3-12)22-15(25)24-10-8-23(9-11-24)14-20-6-1-7-21-14/h1-7H,8-11H2,(H,22,25). The average molecular weight is 351 g/mol. The molecule has 9 heteroatoms. The van der Waals surface area contributed by atoms with Crippen molar-refractivity contribution in [1.82, 2.24) is 14.9 Å². The number of aromatic nitrogens is 2. The van der Waals surface area contributed by atoms with E-state index in [0.29, 0.717) is 37.8 Å². The summed E-state index contributed by atoms with van der Waals surface area (Å²) in [5, 5.41) is 2.61. The van der Waals surface area contributed by atoms with Crippen LogP contribution in [0.4, 0.5) is 29.6 Å². The van der Waals surface area contributed by atoms with Crippen molar-refractivity contribution in [2.24, 2.45) is 0 Å². The van der Waals surface area contributed by atoms with Gasteiger partial charge in [-0.15, -0.1) is 0 Å². The van der Waals surface area contributed by atoms with Crippen LogP contribution < -0.4 is 10.2 Å². The molecule has 2 amide bonds. The molecule has 0 spiro atoms. The van der Waals surface area contributed by atoms with Gasteiger partial charge in [-0.3, -0.25) is 0 Å². The number of nitrogens with one attached hydrogen (secondary N) is 1. The molecular formula is C16H16F3N5O. The third kappa shape index (κ3) is 4.17. The van der Waals surface area contributed by atoms with Crippen molar-refractivity contribution < 1.29 is 18.0 Å². The van der Waals surface area contributed by atoms with E-state index in [1.54, 1.807) is 23.4 Å². The molecule has 1 saturated heterocycles. The number of carbonyl (C=O) groups excluding carboxylic acids is 1. The largest absolute Gasteiger partial charge is 0.416 e. The van der Waals surface area contributed by atoms with E-state index in [1.165, 1.54) is 12.1 Å². The first kappa shape index (κ1) is 17.0. The summed E-state index contributed by atoms with van der Waals surface area (Å²) in [6.45, 7) is 2.13. The second-order valence-electron chi connectivity index (χ2n) is 5.53. The molecule has 2 heterocycles. The monoisotopic (exact) mass is 351 g/mol. The van der Waals surface area contributed by atoms with Crippen LogP contribution in [-0.2, 0) is 6.18 Å². The predicted molar refractivity (Wildman–Crippen MR) is 86.3 cm³/mol. The minimum Gasteiger partial charge on any atom is -0.337 e. The van der Waals surface area contributed by atoms with Gasteiger partial charge < -0.3 is 15.1 Å². The van der Waals surface area contributed by atoms with Crippen LogP contribution in [0.5, 0.6) is 0 Å². The van der Waals surface area contributed by atoms with Gasteiger partial charge in [-0.25, -0.2) is 14.8 Å². The number of alkyl halides is 3. The van der Waals surface area contributed by atoms with Crippen molar-refractivity contribution in [3.63, 3.8) is 0 Å². The third-order valence-corrected chi connectivity index (χ3v) is 3.87. The molecule has 0 radical (unpaired) electrons. The van der Waals surface area contributed by atoms with Crippen molar-refractivity contribution in [2.45, 2.75) is 6.18 Å². The Hall–Kier alpha value is -2.84. The number of hydrogen-bond donors (Lipinski definition) is 1. The minimum absolute atomic E-state index is 0.326. The van der Waals surface area contributed by atoms with Gasteiger partial charge in [0.25, 0.3) is 0 Å². The quantitative estimate of drug-likeness (QED) is 0.904. The molecule has 0 saturated carbocycles.